The maximum absolute atomic E-state index is 11.9. The number of amides is 1. The smallest absolute Gasteiger partial charge is 0.236 e. The number of nitrogens with zero attached hydrogens (tertiary/aromatic N) is 1. The molecule has 0 aromatic heterocycles. The fourth-order valence-corrected chi connectivity index (χ4v) is 1.86. The number of carbonyl (C=O) groups excluding carboxylic acids is 1. The van der Waals surface area contributed by atoms with Crippen molar-refractivity contribution in [2.75, 3.05) is 19.7 Å². The number of carbonyl (C=O) groups is 1. The van der Waals surface area contributed by atoms with Crippen molar-refractivity contribution < 1.29 is 9.90 Å². The van der Waals surface area contributed by atoms with Gasteiger partial charge in [-0.1, -0.05) is 13.8 Å². The van der Waals surface area contributed by atoms with Gasteiger partial charge in [0.25, 0.3) is 0 Å². The summed E-state index contributed by atoms with van der Waals surface area (Å²) < 4.78 is 0. The first-order valence-corrected chi connectivity index (χ1v) is 6.23. The number of rotatable bonds is 7. The normalized spacial score (nSPS) is 17.6. The second kappa shape index (κ2) is 6.21. The summed E-state index contributed by atoms with van der Waals surface area (Å²) in [6, 6.07) is 0.493. The first-order valence-electron chi connectivity index (χ1n) is 6.23. The Labute approximate surface area is 98.0 Å². The van der Waals surface area contributed by atoms with Crippen LogP contribution in [0.5, 0.6) is 0 Å². The van der Waals surface area contributed by atoms with Gasteiger partial charge >= 0.3 is 0 Å². The molecule has 0 heterocycles. The molecule has 2 N–H and O–H groups in total. The zero-order valence-electron chi connectivity index (χ0n) is 10.6. The van der Waals surface area contributed by atoms with E-state index in [1.54, 1.807) is 0 Å². The van der Waals surface area contributed by atoms with Crippen molar-refractivity contribution in [2.24, 2.45) is 5.92 Å². The van der Waals surface area contributed by atoms with Gasteiger partial charge in [-0.15, -0.1) is 0 Å². The molecular formula is C12H24N2O2. The second-order valence-corrected chi connectivity index (χ2v) is 4.82. The van der Waals surface area contributed by atoms with Crippen LogP contribution in [0.1, 0.15) is 33.6 Å². The summed E-state index contributed by atoms with van der Waals surface area (Å²) in [6.45, 7) is 7.31. The standard InChI is InChI=1S/C12H24N2O2/c1-4-14(10-5-6-10)12(16)7-13-11(8-15)9(2)3/h9-11,13,15H,4-8H2,1-3H3/t11-/m1/s1. The van der Waals surface area contributed by atoms with E-state index >= 15 is 0 Å². The lowest BCUT2D eigenvalue weighted by atomic mass is 10.1. The summed E-state index contributed by atoms with van der Waals surface area (Å²) >= 11 is 0. The van der Waals surface area contributed by atoms with E-state index in [0.29, 0.717) is 18.5 Å². The Balaban J connectivity index is 2.32. The third kappa shape index (κ3) is 3.76. The van der Waals surface area contributed by atoms with Crippen LogP contribution >= 0.6 is 0 Å². The summed E-state index contributed by atoms with van der Waals surface area (Å²) in [4.78, 5) is 13.8. The molecule has 0 saturated heterocycles. The molecule has 0 spiro atoms. The number of aliphatic hydroxyl groups is 1. The van der Waals surface area contributed by atoms with Crippen LogP contribution in [0, 0.1) is 5.92 Å². The van der Waals surface area contributed by atoms with E-state index in [-0.39, 0.29) is 18.6 Å². The van der Waals surface area contributed by atoms with Crippen molar-refractivity contribution in [1.29, 1.82) is 0 Å². The summed E-state index contributed by atoms with van der Waals surface area (Å²) in [6.07, 6.45) is 2.29. The highest BCUT2D eigenvalue weighted by Crippen LogP contribution is 2.26. The minimum Gasteiger partial charge on any atom is -0.395 e. The maximum Gasteiger partial charge on any atom is 0.236 e. The second-order valence-electron chi connectivity index (χ2n) is 4.82. The van der Waals surface area contributed by atoms with Crippen LogP contribution in [0.25, 0.3) is 0 Å². The predicted octanol–water partition coefficient (Wildman–Crippen LogP) is 0.604. The number of hydrogen-bond acceptors (Lipinski definition) is 3. The average Bonchev–Trinajstić information content (AvgIpc) is 3.03. The van der Waals surface area contributed by atoms with Gasteiger partial charge in [0.1, 0.15) is 0 Å². The quantitative estimate of drug-likeness (QED) is 0.671. The third-order valence-corrected chi connectivity index (χ3v) is 3.17. The van der Waals surface area contributed by atoms with Gasteiger partial charge < -0.3 is 15.3 Å². The lowest BCUT2D eigenvalue weighted by Gasteiger charge is -2.24. The number of aliphatic hydroxyl groups excluding tert-OH is 1. The van der Waals surface area contributed by atoms with Gasteiger partial charge in [-0.3, -0.25) is 4.79 Å². The molecule has 1 rings (SSSR count). The average molecular weight is 228 g/mol. The Morgan fingerprint density at radius 2 is 2.12 bits per heavy atom. The van der Waals surface area contributed by atoms with Crippen molar-refractivity contribution in [3.8, 4) is 0 Å². The van der Waals surface area contributed by atoms with Gasteiger partial charge in [0, 0.05) is 18.6 Å². The summed E-state index contributed by atoms with van der Waals surface area (Å²) in [5.74, 6) is 0.498. The molecular weight excluding hydrogens is 204 g/mol. The van der Waals surface area contributed by atoms with Crippen molar-refractivity contribution in [3.63, 3.8) is 0 Å². The molecule has 4 nitrogen and oxygen atoms in total. The predicted molar refractivity (Wildman–Crippen MR) is 64.1 cm³/mol. The maximum atomic E-state index is 11.9. The highest BCUT2D eigenvalue weighted by atomic mass is 16.3. The Morgan fingerprint density at radius 1 is 1.50 bits per heavy atom. The molecule has 1 atom stereocenters. The van der Waals surface area contributed by atoms with E-state index in [1.807, 2.05) is 25.7 Å². The van der Waals surface area contributed by atoms with Crippen molar-refractivity contribution >= 4 is 5.91 Å². The molecule has 0 radical (unpaired) electrons. The summed E-state index contributed by atoms with van der Waals surface area (Å²) in [5, 5.41) is 12.3. The van der Waals surface area contributed by atoms with Crippen LogP contribution in [0.15, 0.2) is 0 Å². The molecule has 16 heavy (non-hydrogen) atoms. The molecule has 0 aromatic carbocycles. The zero-order valence-corrected chi connectivity index (χ0v) is 10.6. The van der Waals surface area contributed by atoms with Crippen LogP contribution in [0.3, 0.4) is 0 Å². The van der Waals surface area contributed by atoms with E-state index in [2.05, 4.69) is 5.32 Å². The Morgan fingerprint density at radius 3 is 2.50 bits per heavy atom. The van der Waals surface area contributed by atoms with Gasteiger partial charge in [0.15, 0.2) is 0 Å². The highest BCUT2D eigenvalue weighted by Gasteiger charge is 2.31. The summed E-state index contributed by atoms with van der Waals surface area (Å²) in [5.41, 5.74) is 0. The molecule has 0 aromatic rings. The minimum atomic E-state index is 0.0156. The van der Waals surface area contributed by atoms with Crippen LogP contribution in [-0.2, 0) is 4.79 Å². The molecule has 94 valence electrons. The van der Waals surface area contributed by atoms with Gasteiger partial charge in [0.2, 0.25) is 5.91 Å². The third-order valence-electron chi connectivity index (χ3n) is 3.17. The lowest BCUT2D eigenvalue weighted by Crippen LogP contribution is -2.45. The SMILES string of the molecule is CCN(C(=O)CN[C@H](CO)C(C)C)C1CC1. The van der Waals surface area contributed by atoms with Crippen LogP contribution in [0.2, 0.25) is 0 Å². The van der Waals surface area contributed by atoms with Crippen molar-refractivity contribution in [1.82, 2.24) is 10.2 Å². The first kappa shape index (κ1) is 13.5. The summed E-state index contributed by atoms with van der Waals surface area (Å²) in [7, 11) is 0. The first-order chi connectivity index (χ1) is 7.60. The number of nitrogens with one attached hydrogen (secondary N) is 1. The van der Waals surface area contributed by atoms with E-state index < -0.39 is 0 Å². The molecule has 1 aliphatic rings. The molecule has 1 saturated carbocycles. The van der Waals surface area contributed by atoms with Gasteiger partial charge in [0.05, 0.1) is 13.2 Å². The molecule has 1 amide bonds. The minimum absolute atomic E-state index is 0.0156. The van der Waals surface area contributed by atoms with Crippen LogP contribution < -0.4 is 5.32 Å². The van der Waals surface area contributed by atoms with Crippen LogP contribution in [-0.4, -0.2) is 47.7 Å². The largest absolute Gasteiger partial charge is 0.395 e. The van der Waals surface area contributed by atoms with Gasteiger partial charge in [-0.2, -0.15) is 0 Å². The van der Waals surface area contributed by atoms with Gasteiger partial charge in [-0.25, -0.2) is 0 Å². The monoisotopic (exact) mass is 228 g/mol. The zero-order chi connectivity index (χ0) is 12.1. The lowest BCUT2D eigenvalue weighted by molar-refractivity contribution is -0.130. The van der Waals surface area contributed by atoms with Crippen molar-refractivity contribution in [3.05, 3.63) is 0 Å². The van der Waals surface area contributed by atoms with Crippen molar-refractivity contribution in [2.45, 2.75) is 45.7 Å². The van der Waals surface area contributed by atoms with Gasteiger partial charge in [-0.05, 0) is 25.7 Å². The molecule has 1 fully saturated rings. The highest BCUT2D eigenvalue weighted by molar-refractivity contribution is 5.78. The van der Waals surface area contributed by atoms with E-state index in [1.165, 1.54) is 0 Å². The molecule has 0 unspecified atom stereocenters. The topological polar surface area (TPSA) is 52.6 Å². The van der Waals surface area contributed by atoms with Crippen LogP contribution in [0.4, 0.5) is 0 Å². The van der Waals surface area contributed by atoms with E-state index in [9.17, 15) is 4.79 Å². The Kier molecular flexibility index (Phi) is 5.22. The molecule has 0 aliphatic heterocycles. The fraction of sp³-hybridized carbons (Fsp3) is 0.917. The number of likely N-dealkylation sites (N-methyl/N-ethyl adjacent to an activating group) is 1. The van der Waals surface area contributed by atoms with E-state index in [4.69, 9.17) is 5.11 Å². The molecule has 1 aliphatic carbocycles. The fourth-order valence-electron chi connectivity index (χ4n) is 1.86. The number of hydrogen-bond donors (Lipinski definition) is 2. The van der Waals surface area contributed by atoms with E-state index in [0.717, 1.165) is 19.4 Å². The Hall–Kier alpha value is -0.610. The molecule has 4 heteroatoms. The molecule has 0 bridgehead atoms. The Bertz CT molecular complexity index is 227.